The molecule has 0 radical (unpaired) electrons. The van der Waals surface area contributed by atoms with Gasteiger partial charge >= 0.3 is 0 Å². The van der Waals surface area contributed by atoms with Gasteiger partial charge in [0, 0.05) is 30.2 Å². The van der Waals surface area contributed by atoms with E-state index in [0.717, 1.165) is 48.3 Å². The van der Waals surface area contributed by atoms with Crippen LogP contribution in [0, 0.1) is 13.8 Å². The van der Waals surface area contributed by atoms with E-state index in [1.807, 2.05) is 19.9 Å². The topological polar surface area (TPSA) is 66.5 Å². The normalized spacial score (nSPS) is 14.0. The lowest BCUT2D eigenvalue weighted by molar-refractivity contribution is 0.0997. The van der Waals surface area contributed by atoms with Crippen LogP contribution in [0.3, 0.4) is 0 Å². The summed E-state index contributed by atoms with van der Waals surface area (Å²) in [4.78, 5) is 16.1. The molecule has 0 saturated carbocycles. The van der Waals surface area contributed by atoms with E-state index in [1.54, 1.807) is 29.6 Å². The Morgan fingerprint density at radius 2 is 1.81 bits per heavy atom. The van der Waals surface area contributed by atoms with E-state index in [1.165, 1.54) is 23.5 Å². The summed E-state index contributed by atoms with van der Waals surface area (Å²) in [6, 6.07) is 11.7. The van der Waals surface area contributed by atoms with E-state index >= 15 is 0 Å². The lowest BCUT2D eigenvalue weighted by atomic mass is 9.97. The number of rotatable bonds is 7. The van der Waals surface area contributed by atoms with Gasteiger partial charge in [-0.25, -0.2) is 8.42 Å². The number of nitrogens with zero attached hydrogens (tertiary/aromatic N) is 1. The van der Waals surface area contributed by atoms with Crippen molar-refractivity contribution in [1.29, 1.82) is 0 Å². The number of carbonyl (C=O) groups is 1. The van der Waals surface area contributed by atoms with Crippen molar-refractivity contribution >= 4 is 50.1 Å². The van der Waals surface area contributed by atoms with Crippen molar-refractivity contribution in [3.8, 4) is 0 Å². The van der Waals surface area contributed by atoms with Gasteiger partial charge in [-0.3, -0.25) is 9.52 Å². The molecular weight excluding hydrogens is 464 g/mol. The van der Waals surface area contributed by atoms with Crippen LogP contribution in [0.2, 0.25) is 5.02 Å². The fourth-order valence-corrected chi connectivity index (χ4v) is 6.58. The second kappa shape index (κ2) is 9.25. The number of ketones is 1. The van der Waals surface area contributed by atoms with Crippen LogP contribution in [-0.4, -0.2) is 27.3 Å². The summed E-state index contributed by atoms with van der Waals surface area (Å²) in [5, 5.41) is 2.29. The van der Waals surface area contributed by atoms with Gasteiger partial charge in [0.2, 0.25) is 0 Å². The minimum Gasteiger partial charge on any atom is -0.371 e. The minimum absolute atomic E-state index is 0.117. The third kappa shape index (κ3) is 4.56. The summed E-state index contributed by atoms with van der Waals surface area (Å²) in [7, 11) is -3.78. The third-order valence-corrected chi connectivity index (χ3v) is 8.46. The van der Waals surface area contributed by atoms with Crippen LogP contribution in [-0.2, 0) is 16.4 Å². The predicted octanol–water partition coefficient (Wildman–Crippen LogP) is 5.84. The molecule has 0 unspecified atom stereocenters. The highest BCUT2D eigenvalue weighted by Gasteiger charge is 2.24. The monoisotopic (exact) mass is 488 g/mol. The average molecular weight is 489 g/mol. The molecule has 4 rings (SSSR count). The molecule has 1 saturated heterocycles. The SMILES string of the molecule is Cc1cc(Cl)c(CC(=O)c2sccc2NS(=O)(=O)c2ccccc2)c(C)c1N1CCCC1. The van der Waals surface area contributed by atoms with Crippen molar-refractivity contribution < 1.29 is 13.2 Å². The van der Waals surface area contributed by atoms with Crippen LogP contribution in [0.5, 0.6) is 0 Å². The molecule has 2 aromatic carbocycles. The molecule has 5 nitrogen and oxygen atoms in total. The standard InChI is InChI=1S/C24H25ClN2O3S2/c1-16-14-20(25)19(17(2)23(16)27-11-6-7-12-27)15-22(28)24-21(10-13-31-24)26-32(29,30)18-8-4-3-5-9-18/h3-5,8-10,13-14,26H,6-7,11-12,15H2,1-2H3. The van der Waals surface area contributed by atoms with Crippen LogP contribution in [0.15, 0.2) is 52.7 Å². The molecule has 0 spiro atoms. The van der Waals surface area contributed by atoms with E-state index < -0.39 is 10.0 Å². The Kier molecular flexibility index (Phi) is 6.60. The van der Waals surface area contributed by atoms with Crippen LogP contribution in [0.25, 0.3) is 0 Å². The second-order valence-corrected chi connectivity index (χ2v) is 11.0. The molecule has 168 valence electrons. The van der Waals surface area contributed by atoms with Gasteiger partial charge in [-0.2, -0.15) is 0 Å². The zero-order valence-corrected chi connectivity index (χ0v) is 20.4. The summed E-state index contributed by atoms with van der Waals surface area (Å²) in [6.07, 6.45) is 2.44. The van der Waals surface area contributed by atoms with Gasteiger partial charge in [-0.1, -0.05) is 29.8 Å². The number of thiophene rings is 1. The van der Waals surface area contributed by atoms with Gasteiger partial charge in [-0.05, 0) is 73.0 Å². The van der Waals surface area contributed by atoms with Crippen molar-refractivity contribution in [2.45, 2.75) is 38.0 Å². The molecular formula is C24H25ClN2O3S2. The molecule has 0 bridgehead atoms. The van der Waals surface area contributed by atoms with Crippen molar-refractivity contribution in [1.82, 2.24) is 0 Å². The number of hydrogen-bond donors (Lipinski definition) is 1. The van der Waals surface area contributed by atoms with E-state index in [4.69, 9.17) is 11.6 Å². The molecule has 0 amide bonds. The van der Waals surface area contributed by atoms with Crippen molar-refractivity contribution in [3.05, 3.63) is 74.4 Å². The highest BCUT2D eigenvalue weighted by molar-refractivity contribution is 7.92. The Labute approximate surface area is 198 Å². The molecule has 1 N–H and O–H groups in total. The first-order chi connectivity index (χ1) is 15.3. The fourth-order valence-electron chi connectivity index (χ4n) is 4.26. The smallest absolute Gasteiger partial charge is 0.261 e. The van der Waals surface area contributed by atoms with E-state index in [0.29, 0.717) is 15.6 Å². The lowest BCUT2D eigenvalue weighted by Crippen LogP contribution is -2.21. The van der Waals surface area contributed by atoms with Gasteiger partial charge in [0.05, 0.1) is 15.5 Å². The number of sulfonamides is 1. The zero-order chi connectivity index (χ0) is 22.9. The third-order valence-electron chi connectivity index (χ3n) is 5.79. The number of benzene rings is 2. The summed E-state index contributed by atoms with van der Waals surface area (Å²) in [5.74, 6) is -0.160. The first-order valence-corrected chi connectivity index (χ1v) is 13.2. The highest BCUT2D eigenvalue weighted by Crippen LogP contribution is 2.36. The first-order valence-electron chi connectivity index (χ1n) is 10.5. The second-order valence-electron chi connectivity index (χ2n) is 8.00. The van der Waals surface area contributed by atoms with E-state index in [2.05, 4.69) is 9.62 Å². The minimum atomic E-state index is -3.78. The van der Waals surface area contributed by atoms with Gasteiger partial charge in [0.15, 0.2) is 5.78 Å². The Bertz CT molecular complexity index is 1250. The van der Waals surface area contributed by atoms with Crippen LogP contribution >= 0.6 is 22.9 Å². The summed E-state index contributed by atoms with van der Waals surface area (Å²) in [6.45, 7) is 6.08. The number of halogens is 1. The number of carbonyl (C=O) groups excluding carboxylic acids is 1. The van der Waals surface area contributed by atoms with Gasteiger partial charge < -0.3 is 4.90 Å². The molecule has 0 atom stereocenters. The zero-order valence-electron chi connectivity index (χ0n) is 18.0. The Morgan fingerprint density at radius 1 is 1.12 bits per heavy atom. The van der Waals surface area contributed by atoms with Crippen LogP contribution in [0.1, 0.15) is 39.2 Å². The molecule has 0 aliphatic carbocycles. The summed E-state index contributed by atoms with van der Waals surface area (Å²) in [5.41, 5.74) is 4.39. The number of Topliss-reactive ketones (excluding diaryl/α,β-unsaturated/α-hetero) is 1. The van der Waals surface area contributed by atoms with Crippen molar-refractivity contribution in [2.24, 2.45) is 0 Å². The number of nitrogens with one attached hydrogen (secondary N) is 1. The summed E-state index contributed by atoms with van der Waals surface area (Å²) < 4.78 is 28.0. The number of anilines is 2. The van der Waals surface area contributed by atoms with Crippen LogP contribution < -0.4 is 9.62 Å². The van der Waals surface area contributed by atoms with Crippen molar-refractivity contribution in [2.75, 3.05) is 22.7 Å². The fraction of sp³-hybridized carbons (Fsp3) is 0.292. The Hall–Kier alpha value is -2.35. The van der Waals surface area contributed by atoms with Gasteiger partial charge in [0.25, 0.3) is 10.0 Å². The van der Waals surface area contributed by atoms with Crippen LogP contribution in [0.4, 0.5) is 11.4 Å². The maximum atomic E-state index is 13.2. The quantitative estimate of drug-likeness (QED) is 0.424. The maximum Gasteiger partial charge on any atom is 0.261 e. The van der Waals surface area contributed by atoms with E-state index in [9.17, 15) is 13.2 Å². The highest BCUT2D eigenvalue weighted by atomic mass is 35.5. The molecule has 8 heteroatoms. The number of aryl methyl sites for hydroxylation is 1. The molecule has 1 fully saturated rings. The van der Waals surface area contributed by atoms with Gasteiger partial charge in [-0.15, -0.1) is 11.3 Å². The Balaban J connectivity index is 1.61. The maximum absolute atomic E-state index is 13.2. The summed E-state index contributed by atoms with van der Waals surface area (Å²) >= 11 is 7.79. The largest absolute Gasteiger partial charge is 0.371 e. The lowest BCUT2D eigenvalue weighted by Gasteiger charge is -2.25. The molecule has 1 aliphatic rings. The predicted molar refractivity (Wildman–Crippen MR) is 132 cm³/mol. The molecule has 2 heterocycles. The van der Waals surface area contributed by atoms with Gasteiger partial charge in [0.1, 0.15) is 0 Å². The molecule has 1 aromatic heterocycles. The molecule has 32 heavy (non-hydrogen) atoms. The first kappa shape index (κ1) is 22.8. The van der Waals surface area contributed by atoms with E-state index in [-0.39, 0.29) is 17.1 Å². The van der Waals surface area contributed by atoms with Crippen molar-refractivity contribution in [3.63, 3.8) is 0 Å². The Morgan fingerprint density at radius 3 is 2.50 bits per heavy atom. The molecule has 3 aromatic rings. The number of hydrogen-bond acceptors (Lipinski definition) is 5. The molecule has 1 aliphatic heterocycles. The average Bonchev–Trinajstić information content (AvgIpc) is 3.44.